The monoisotopic (exact) mass is 447 g/mol. The van der Waals surface area contributed by atoms with Crippen molar-refractivity contribution >= 4 is 33.1 Å². The Balaban J connectivity index is 1.80. The van der Waals surface area contributed by atoms with E-state index in [1.807, 2.05) is 0 Å². The molecule has 0 spiro atoms. The Bertz CT molecular complexity index is 641. The van der Waals surface area contributed by atoms with Gasteiger partial charge in [-0.25, -0.2) is 4.99 Å². The van der Waals surface area contributed by atoms with Gasteiger partial charge in [0.2, 0.25) is 0 Å². The molecule has 0 bridgehead atoms. The summed E-state index contributed by atoms with van der Waals surface area (Å²) in [6.45, 7) is -2.82. The molecule has 3 fully saturated rings. The van der Waals surface area contributed by atoms with Gasteiger partial charge in [-0.15, -0.1) is 9.05 Å². The molecule has 3 rings (SSSR count). The average molecular weight is 447 g/mol. The number of rotatable bonds is 1. The molecule has 10 atom stereocenters. The Morgan fingerprint density at radius 3 is 2.63 bits per heavy atom. The van der Waals surface area contributed by atoms with Crippen molar-refractivity contribution in [2.75, 3.05) is 13.2 Å². The molecule has 3 aliphatic heterocycles. The minimum atomic E-state index is -3.81. The van der Waals surface area contributed by atoms with Gasteiger partial charge < -0.3 is 34.8 Å². The van der Waals surface area contributed by atoms with Crippen molar-refractivity contribution in [3.8, 4) is 0 Å². The molecule has 0 amide bonds. The Hall–Kier alpha value is -0.140. The van der Waals surface area contributed by atoms with Crippen molar-refractivity contribution in [3.63, 3.8) is 0 Å². The van der Waals surface area contributed by atoms with Crippen LogP contribution in [0.25, 0.3) is 0 Å². The van der Waals surface area contributed by atoms with Gasteiger partial charge in [0.1, 0.15) is 37.1 Å². The Morgan fingerprint density at radius 2 is 1.93 bits per heavy atom. The number of aliphatic hydroxyl groups is 2. The van der Waals surface area contributed by atoms with Crippen molar-refractivity contribution in [2.24, 2.45) is 10.7 Å². The van der Waals surface area contributed by atoms with Gasteiger partial charge in [-0.05, 0) is 18.7 Å². The molecule has 5 N–H and O–H groups in total. The highest BCUT2D eigenvalue weighted by atomic mass is 32.5. The molecular formula is C12H21N2O10P2S+. The van der Waals surface area contributed by atoms with Gasteiger partial charge in [0.15, 0.2) is 12.3 Å². The third-order valence-electron chi connectivity index (χ3n) is 4.32. The largest absolute Gasteiger partial charge is 0.697 e. The standard InChI is InChI=1S/C12H20N2O10P2S/c1-5-8(15)11-6(21-5)2-19-25(17)23-10-7(3-20-26(18,27)24-11)22-12(9(10)16)14-4-13/h4-12,15-16H,2-3H2,1H3,(H2-,13,14,18,27)/p+1/t5-,6+,7+,8?,9?,10?,11-,12+,26?/m0/s1. The number of aliphatic hydroxyl groups excluding tert-OH is 2. The highest BCUT2D eigenvalue weighted by Gasteiger charge is 2.52. The fourth-order valence-corrected chi connectivity index (χ4v) is 5.23. The first kappa shape index (κ1) is 21.6. The molecular weight excluding hydrogens is 426 g/mol. The van der Waals surface area contributed by atoms with Crippen molar-refractivity contribution in [1.82, 2.24) is 0 Å². The quantitative estimate of drug-likeness (QED) is 0.218. The maximum absolute atomic E-state index is 12.1. The topological polar surface area (TPSA) is 172 Å². The van der Waals surface area contributed by atoms with Gasteiger partial charge in [0, 0.05) is 4.57 Å². The van der Waals surface area contributed by atoms with E-state index in [2.05, 4.69) is 4.99 Å². The van der Waals surface area contributed by atoms with E-state index in [0.29, 0.717) is 0 Å². The van der Waals surface area contributed by atoms with E-state index >= 15 is 0 Å². The average Bonchev–Trinajstić information content (AvgIpc) is 3.03. The molecule has 15 heteroatoms. The van der Waals surface area contributed by atoms with Crippen LogP contribution in [0.5, 0.6) is 0 Å². The van der Waals surface area contributed by atoms with Crippen LogP contribution < -0.4 is 5.73 Å². The fraction of sp³-hybridized carbons (Fsp3) is 0.917. The Kier molecular flexibility index (Phi) is 6.95. The third-order valence-corrected chi connectivity index (χ3v) is 6.66. The minimum absolute atomic E-state index is 0.269. The van der Waals surface area contributed by atoms with Crippen LogP contribution in [0.3, 0.4) is 0 Å². The summed E-state index contributed by atoms with van der Waals surface area (Å²) in [5.74, 6) is 0. The normalized spacial score (nSPS) is 50.7. The van der Waals surface area contributed by atoms with Crippen molar-refractivity contribution in [3.05, 3.63) is 0 Å². The molecule has 154 valence electrons. The molecule has 0 aliphatic carbocycles. The lowest BCUT2D eigenvalue weighted by molar-refractivity contribution is -0.0364. The summed E-state index contributed by atoms with van der Waals surface area (Å²) in [5.41, 5.74) is 5.21. The summed E-state index contributed by atoms with van der Waals surface area (Å²) in [5, 5.41) is 20.4. The highest BCUT2D eigenvalue weighted by molar-refractivity contribution is 8.07. The number of hydrogen-bond donors (Lipinski definition) is 4. The summed E-state index contributed by atoms with van der Waals surface area (Å²) in [4.78, 5) is 14.1. The molecule has 12 nitrogen and oxygen atoms in total. The predicted molar refractivity (Wildman–Crippen MR) is 93.4 cm³/mol. The summed E-state index contributed by atoms with van der Waals surface area (Å²) in [6, 6.07) is 0. The zero-order valence-electron chi connectivity index (χ0n) is 14.1. The highest BCUT2D eigenvalue weighted by Crippen LogP contribution is 2.49. The zero-order valence-corrected chi connectivity index (χ0v) is 16.7. The van der Waals surface area contributed by atoms with Gasteiger partial charge in [-0.1, -0.05) is 0 Å². The lowest BCUT2D eigenvalue weighted by atomic mass is 10.1. The molecule has 3 heterocycles. The summed E-state index contributed by atoms with van der Waals surface area (Å²) in [6.07, 6.45) is -7.18. The molecule has 0 saturated carbocycles. The van der Waals surface area contributed by atoms with Gasteiger partial charge in [-0.2, -0.15) is 0 Å². The molecule has 3 aliphatic rings. The number of aliphatic imine (C=N–C) groups is 1. The van der Waals surface area contributed by atoms with Crippen molar-refractivity contribution in [2.45, 2.75) is 55.9 Å². The van der Waals surface area contributed by atoms with Crippen LogP contribution in [-0.4, -0.2) is 83.6 Å². The molecule has 0 aromatic heterocycles. The van der Waals surface area contributed by atoms with Crippen LogP contribution >= 0.6 is 15.0 Å². The second kappa shape index (κ2) is 8.70. The zero-order chi connectivity index (χ0) is 19.8. The maximum Gasteiger partial charge on any atom is 0.697 e. The number of fused-ring (bicyclic) bond motifs is 2. The van der Waals surface area contributed by atoms with Crippen LogP contribution in [-0.2, 0) is 43.9 Å². The van der Waals surface area contributed by atoms with E-state index in [-0.39, 0.29) is 13.2 Å². The first-order valence-electron chi connectivity index (χ1n) is 8.05. The third kappa shape index (κ3) is 4.89. The second-order valence-corrected chi connectivity index (χ2v) is 9.85. The summed E-state index contributed by atoms with van der Waals surface area (Å²) in [7, 11) is -2.67. The van der Waals surface area contributed by atoms with E-state index < -0.39 is 63.9 Å². The van der Waals surface area contributed by atoms with Crippen molar-refractivity contribution in [1.29, 1.82) is 0 Å². The molecule has 0 radical (unpaired) electrons. The minimum Gasteiger partial charge on any atom is -0.390 e. The molecule has 3 saturated heterocycles. The summed E-state index contributed by atoms with van der Waals surface area (Å²) >= 11 is 4.98. The van der Waals surface area contributed by atoms with Gasteiger partial charge in [0.25, 0.3) is 0 Å². The number of nitrogens with zero attached hydrogens (tertiary/aromatic N) is 1. The Labute approximate surface area is 160 Å². The van der Waals surface area contributed by atoms with Crippen molar-refractivity contribution < 1.29 is 47.2 Å². The van der Waals surface area contributed by atoms with Crippen LogP contribution in [0.2, 0.25) is 0 Å². The second-order valence-electron chi connectivity index (χ2n) is 6.15. The number of ether oxygens (including phenoxy) is 2. The fourth-order valence-electron chi connectivity index (χ4n) is 2.99. The SMILES string of the molecule is C[C@@H]1O[C@@H]2CO[P+](=O)OC3C(O)[C@H](N=CN)O[C@@H]3COP(O)(=S)O[C@@H]2C1O. The first-order valence-corrected chi connectivity index (χ1v) is 11.7. The van der Waals surface area contributed by atoms with E-state index in [4.69, 9.17) is 45.1 Å². The lowest BCUT2D eigenvalue weighted by Gasteiger charge is -2.26. The van der Waals surface area contributed by atoms with Gasteiger partial charge in [0.05, 0.1) is 19.0 Å². The molecule has 0 aromatic rings. The Morgan fingerprint density at radius 1 is 1.22 bits per heavy atom. The lowest BCUT2D eigenvalue weighted by Crippen LogP contribution is -2.38. The van der Waals surface area contributed by atoms with Crippen LogP contribution in [0, 0.1) is 0 Å². The van der Waals surface area contributed by atoms with E-state index in [1.54, 1.807) is 6.92 Å². The maximum atomic E-state index is 12.1. The van der Waals surface area contributed by atoms with Crippen LogP contribution in [0.15, 0.2) is 4.99 Å². The predicted octanol–water partition coefficient (Wildman–Crippen LogP) is -1.10. The molecule has 5 unspecified atom stereocenters. The smallest absolute Gasteiger partial charge is 0.390 e. The molecule has 0 aromatic carbocycles. The number of nitrogens with two attached hydrogens (primary N) is 1. The number of hydrogen-bond acceptors (Lipinski definition) is 11. The van der Waals surface area contributed by atoms with Gasteiger partial charge in [-0.3, -0.25) is 4.52 Å². The van der Waals surface area contributed by atoms with E-state index in [9.17, 15) is 19.7 Å². The van der Waals surface area contributed by atoms with Gasteiger partial charge >= 0.3 is 15.0 Å². The van der Waals surface area contributed by atoms with Crippen LogP contribution in [0.1, 0.15) is 6.92 Å². The van der Waals surface area contributed by atoms with E-state index in [1.165, 1.54) is 0 Å². The molecule has 27 heavy (non-hydrogen) atoms. The first-order chi connectivity index (χ1) is 12.7. The summed E-state index contributed by atoms with van der Waals surface area (Å²) < 4.78 is 44.2. The van der Waals surface area contributed by atoms with E-state index in [0.717, 1.165) is 6.34 Å². The van der Waals surface area contributed by atoms with Crippen LogP contribution in [0.4, 0.5) is 0 Å².